The molecule has 0 saturated carbocycles. The van der Waals surface area contributed by atoms with Gasteiger partial charge >= 0.3 is 0 Å². The smallest absolute Gasteiger partial charge is 0.0272 e. The maximum atomic E-state index is 2.33. The van der Waals surface area contributed by atoms with E-state index in [1.807, 2.05) is 0 Å². The summed E-state index contributed by atoms with van der Waals surface area (Å²) in [6.45, 7) is 11.4. The molecule has 0 amide bonds. The fraction of sp³-hybridized carbons (Fsp3) is 0.818. The molecule has 0 aromatic heterocycles. The Morgan fingerprint density at radius 2 is 1.82 bits per heavy atom. The zero-order chi connectivity index (χ0) is 8.91. The van der Waals surface area contributed by atoms with Gasteiger partial charge in [0.1, 0.15) is 0 Å². The summed E-state index contributed by atoms with van der Waals surface area (Å²) in [6, 6.07) is 0. The minimum atomic E-state index is 0.496. The summed E-state index contributed by atoms with van der Waals surface area (Å²) in [5.41, 5.74) is 2.04. The van der Waals surface area contributed by atoms with Gasteiger partial charge in [-0.2, -0.15) is 0 Å². The van der Waals surface area contributed by atoms with Crippen molar-refractivity contribution in [2.45, 2.75) is 53.9 Å². The van der Waals surface area contributed by atoms with E-state index >= 15 is 0 Å². The largest absolute Gasteiger partial charge is 0.0859 e. The normalized spacial score (nSPS) is 13.7. The van der Waals surface area contributed by atoms with E-state index in [1.165, 1.54) is 19.3 Å². The fourth-order valence-electron chi connectivity index (χ4n) is 1.30. The Hall–Kier alpha value is -0.260. The lowest BCUT2D eigenvalue weighted by Crippen LogP contribution is -2.09. The molecule has 0 aliphatic heterocycles. The van der Waals surface area contributed by atoms with Crippen molar-refractivity contribution in [3.8, 4) is 0 Å². The molecular weight excluding hydrogens is 132 g/mol. The minimum Gasteiger partial charge on any atom is -0.0859 e. The van der Waals surface area contributed by atoms with Crippen LogP contribution in [0.1, 0.15) is 53.9 Å². The molecule has 0 spiro atoms. The first-order chi connectivity index (χ1) is 5.02. The van der Waals surface area contributed by atoms with Crippen molar-refractivity contribution in [2.24, 2.45) is 5.41 Å². The van der Waals surface area contributed by atoms with E-state index in [4.69, 9.17) is 0 Å². The van der Waals surface area contributed by atoms with Crippen LogP contribution in [0.2, 0.25) is 0 Å². The predicted octanol–water partition coefficient (Wildman–Crippen LogP) is 4.17. The molecule has 0 N–H and O–H groups in total. The van der Waals surface area contributed by atoms with Crippen molar-refractivity contribution in [2.75, 3.05) is 0 Å². The molecule has 0 bridgehead atoms. The molecule has 0 nitrogen and oxygen atoms in total. The van der Waals surface area contributed by atoms with Gasteiger partial charge in [-0.25, -0.2) is 0 Å². The van der Waals surface area contributed by atoms with E-state index in [0.717, 1.165) is 0 Å². The van der Waals surface area contributed by atoms with E-state index in [0.29, 0.717) is 5.41 Å². The Morgan fingerprint density at radius 3 is 2.18 bits per heavy atom. The van der Waals surface area contributed by atoms with E-state index in [9.17, 15) is 0 Å². The number of allylic oxidation sites excluding steroid dienone is 2. The minimum absolute atomic E-state index is 0.496. The quantitative estimate of drug-likeness (QED) is 0.533. The van der Waals surface area contributed by atoms with Crippen LogP contribution in [0.3, 0.4) is 0 Å². The molecule has 0 aliphatic carbocycles. The predicted molar refractivity (Wildman–Crippen MR) is 52.7 cm³/mol. The molecule has 0 aromatic rings. The van der Waals surface area contributed by atoms with Gasteiger partial charge < -0.3 is 0 Å². The standard InChI is InChI=1S/C11H22/c1-6-8-10(3)9-11(4,5)7-2/h8H,6-7,9H2,1-5H3. The molecule has 0 unspecified atom stereocenters. The highest BCUT2D eigenvalue weighted by atomic mass is 14.2. The summed E-state index contributed by atoms with van der Waals surface area (Å²) in [6.07, 6.45) is 6.02. The van der Waals surface area contributed by atoms with Crippen LogP contribution in [-0.4, -0.2) is 0 Å². The van der Waals surface area contributed by atoms with Crippen molar-refractivity contribution in [3.63, 3.8) is 0 Å². The van der Waals surface area contributed by atoms with Crippen molar-refractivity contribution in [3.05, 3.63) is 11.6 Å². The van der Waals surface area contributed by atoms with Gasteiger partial charge in [0.15, 0.2) is 0 Å². The second-order valence-electron chi connectivity index (χ2n) is 4.15. The zero-order valence-electron chi connectivity index (χ0n) is 8.70. The Morgan fingerprint density at radius 1 is 1.27 bits per heavy atom. The van der Waals surface area contributed by atoms with Crippen molar-refractivity contribution >= 4 is 0 Å². The second-order valence-corrected chi connectivity index (χ2v) is 4.15. The maximum Gasteiger partial charge on any atom is -0.0272 e. The van der Waals surface area contributed by atoms with E-state index in [-0.39, 0.29) is 0 Å². The Labute approximate surface area is 71.7 Å². The third kappa shape index (κ3) is 5.06. The third-order valence-corrected chi connectivity index (χ3v) is 2.27. The average Bonchev–Trinajstić information content (AvgIpc) is 1.87. The van der Waals surface area contributed by atoms with Gasteiger partial charge in [0.25, 0.3) is 0 Å². The highest BCUT2D eigenvalue weighted by Crippen LogP contribution is 2.28. The highest BCUT2D eigenvalue weighted by Gasteiger charge is 2.14. The zero-order valence-corrected chi connectivity index (χ0v) is 8.70. The summed E-state index contributed by atoms with van der Waals surface area (Å²) >= 11 is 0. The summed E-state index contributed by atoms with van der Waals surface area (Å²) in [5, 5.41) is 0. The number of hydrogen-bond acceptors (Lipinski definition) is 0. The molecule has 66 valence electrons. The van der Waals surface area contributed by atoms with Gasteiger partial charge in [-0.3, -0.25) is 0 Å². The van der Waals surface area contributed by atoms with Crippen LogP contribution in [0, 0.1) is 5.41 Å². The number of rotatable bonds is 4. The first kappa shape index (κ1) is 10.7. The van der Waals surface area contributed by atoms with Crippen LogP contribution in [-0.2, 0) is 0 Å². The van der Waals surface area contributed by atoms with Crippen LogP contribution in [0.15, 0.2) is 11.6 Å². The van der Waals surface area contributed by atoms with E-state index in [1.54, 1.807) is 5.57 Å². The Bertz CT molecular complexity index is 129. The summed E-state index contributed by atoms with van der Waals surface area (Å²) in [7, 11) is 0. The molecule has 11 heavy (non-hydrogen) atoms. The molecule has 0 atom stereocenters. The Kier molecular flexibility index (Phi) is 4.48. The number of hydrogen-bond donors (Lipinski definition) is 0. The topological polar surface area (TPSA) is 0 Å². The lowest BCUT2D eigenvalue weighted by Gasteiger charge is -2.22. The fourth-order valence-corrected chi connectivity index (χ4v) is 1.30. The second kappa shape index (κ2) is 4.58. The van der Waals surface area contributed by atoms with E-state index < -0.39 is 0 Å². The molecular formula is C11H22. The maximum absolute atomic E-state index is 2.33. The molecule has 0 aliphatic rings. The van der Waals surface area contributed by atoms with E-state index in [2.05, 4.69) is 40.7 Å². The SMILES string of the molecule is CCC=C(C)CC(C)(C)CC. The summed E-state index contributed by atoms with van der Waals surface area (Å²) in [5.74, 6) is 0. The lowest BCUT2D eigenvalue weighted by atomic mass is 9.83. The highest BCUT2D eigenvalue weighted by molar-refractivity contribution is 5.00. The monoisotopic (exact) mass is 154 g/mol. The van der Waals surface area contributed by atoms with Crippen molar-refractivity contribution in [1.29, 1.82) is 0 Å². The summed E-state index contributed by atoms with van der Waals surface area (Å²) in [4.78, 5) is 0. The van der Waals surface area contributed by atoms with Crippen LogP contribution in [0.25, 0.3) is 0 Å². The molecule has 0 heterocycles. The van der Waals surface area contributed by atoms with Crippen LogP contribution in [0.4, 0.5) is 0 Å². The first-order valence-corrected chi connectivity index (χ1v) is 4.67. The molecule has 0 radical (unpaired) electrons. The van der Waals surface area contributed by atoms with Gasteiger partial charge in [-0.1, -0.05) is 45.8 Å². The Balaban J connectivity index is 3.92. The van der Waals surface area contributed by atoms with Crippen molar-refractivity contribution < 1.29 is 0 Å². The van der Waals surface area contributed by atoms with Crippen LogP contribution < -0.4 is 0 Å². The first-order valence-electron chi connectivity index (χ1n) is 4.67. The van der Waals surface area contributed by atoms with Crippen LogP contribution in [0.5, 0.6) is 0 Å². The third-order valence-electron chi connectivity index (χ3n) is 2.27. The van der Waals surface area contributed by atoms with Gasteiger partial charge in [0, 0.05) is 0 Å². The molecule has 0 fully saturated rings. The lowest BCUT2D eigenvalue weighted by molar-refractivity contribution is 0.348. The average molecular weight is 154 g/mol. The summed E-state index contributed by atoms with van der Waals surface area (Å²) < 4.78 is 0. The van der Waals surface area contributed by atoms with Gasteiger partial charge in [0.2, 0.25) is 0 Å². The van der Waals surface area contributed by atoms with Gasteiger partial charge in [0.05, 0.1) is 0 Å². The van der Waals surface area contributed by atoms with Crippen molar-refractivity contribution in [1.82, 2.24) is 0 Å². The molecule has 0 rings (SSSR count). The van der Waals surface area contributed by atoms with Gasteiger partial charge in [-0.15, -0.1) is 0 Å². The molecule has 0 saturated heterocycles. The molecule has 0 heteroatoms. The van der Waals surface area contributed by atoms with Gasteiger partial charge in [-0.05, 0) is 25.2 Å². The van der Waals surface area contributed by atoms with Crippen LogP contribution >= 0.6 is 0 Å². The molecule has 0 aromatic carbocycles.